The molecule has 0 spiro atoms. The topological polar surface area (TPSA) is 80.0 Å². The zero-order valence-corrected chi connectivity index (χ0v) is 11.9. The Morgan fingerprint density at radius 1 is 1.52 bits per heavy atom. The lowest BCUT2D eigenvalue weighted by atomic mass is 9.70. The average Bonchev–Trinajstić information content (AvgIpc) is 2.71. The average molecular weight is 291 g/mol. The molecule has 0 saturated carbocycles. The largest absolute Gasteiger partial charge is 0.497 e. The number of hydrogen-bond donors (Lipinski definition) is 1. The minimum absolute atomic E-state index is 0.176. The smallest absolute Gasteiger partial charge is 0.495 e. The molecule has 2 N–H and O–H groups in total. The van der Waals surface area contributed by atoms with Crippen molar-refractivity contribution in [2.45, 2.75) is 25.6 Å². The molecule has 0 amide bonds. The molecule has 7 heteroatoms. The number of hydrogen-bond acceptors (Lipinski definition) is 6. The minimum atomic E-state index is -0.467. The third-order valence-corrected chi connectivity index (χ3v) is 3.73. The predicted molar refractivity (Wildman–Crippen MR) is 76.0 cm³/mol. The summed E-state index contributed by atoms with van der Waals surface area (Å²) in [6.07, 6.45) is 5.35. The highest BCUT2D eigenvalue weighted by atomic mass is 16.6. The lowest BCUT2D eigenvalue weighted by molar-refractivity contribution is -0.145. The van der Waals surface area contributed by atoms with Gasteiger partial charge in [0.1, 0.15) is 19.3 Å². The fourth-order valence-electron chi connectivity index (χ4n) is 2.64. The van der Waals surface area contributed by atoms with Crippen molar-refractivity contribution in [3.63, 3.8) is 0 Å². The maximum absolute atomic E-state index is 11.3. The van der Waals surface area contributed by atoms with Gasteiger partial charge in [0.2, 0.25) is 0 Å². The highest BCUT2D eigenvalue weighted by molar-refractivity contribution is 6.57. The molecule has 0 radical (unpaired) electrons. The van der Waals surface area contributed by atoms with Gasteiger partial charge in [0.25, 0.3) is 0 Å². The molecule has 2 atom stereocenters. The molecule has 6 nitrogen and oxygen atoms in total. The van der Waals surface area contributed by atoms with E-state index in [-0.39, 0.29) is 24.8 Å². The Labute approximate surface area is 123 Å². The van der Waals surface area contributed by atoms with Gasteiger partial charge in [-0.3, -0.25) is 4.79 Å². The van der Waals surface area contributed by atoms with E-state index in [1.807, 2.05) is 12.2 Å². The van der Waals surface area contributed by atoms with Crippen LogP contribution in [0.25, 0.3) is 0 Å². The second-order valence-corrected chi connectivity index (χ2v) is 5.08. The van der Waals surface area contributed by atoms with E-state index in [9.17, 15) is 4.79 Å². The second kappa shape index (κ2) is 6.05. The van der Waals surface area contributed by atoms with E-state index < -0.39 is 7.12 Å². The van der Waals surface area contributed by atoms with Crippen LogP contribution in [-0.2, 0) is 23.6 Å². The normalized spacial score (nSPS) is 27.0. The SMILES string of the molecule is CCC(=O)OC[C@H]1OB2OC(CN)C=C3C=COCC1=C23. The van der Waals surface area contributed by atoms with Crippen LogP contribution in [0.2, 0.25) is 0 Å². The zero-order valence-electron chi connectivity index (χ0n) is 11.9. The van der Waals surface area contributed by atoms with Gasteiger partial charge in [0.05, 0.1) is 12.4 Å². The molecule has 0 bridgehead atoms. The summed E-state index contributed by atoms with van der Waals surface area (Å²) in [5, 5.41) is 0. The quantitative estimate of drug-likeness (QED) is 0.600. The van der Waals surface area contributed by atoms with Crippen LogP contribution < -0.4 is 5.73 Å². The third kappa shape index (κ3) is 2.77. The highest BCUT2D eigenvalue weighted by Gasteiger charge is 2.45. The van der Waals surface area contributed by atoms with E-state index in [0.717, 1.165) is 16.6 Å². The van der Waals surface area contributed by atoms with Crippen molar-refractivity contribution in [3.05, 3.63) is 35.0 Å². The lowest BCUT2D eigenvalue weighted by Crippen LogP contribution is -2.37. The van der Waals surface area contributed by atoms with Crippen LogP contribution in [0.5, 0.6) is 0 Å². The van der Waals surface area contributed by atoms with Gasteiger partial charge in [-0.1, -0.05) is 6.92 Å². The molecule has 0 aromatic heterocycles. The standard InChI is InChI=1S/C14H18BNO5/c1-2-13(17)19-8-12-11-7-18-4-3-9-5-10(6-16)20-15(21-12)14(9)11/h3-5,10,12H,2,6-8,16H2,1H3/t10?,12-/m1/s1. The maximum atomic E-state index is 11.3. The maximum Gasteiger partial charge on any atom is 0.495 e. The van der Waals surface area contributed by atoms with Crippen LogP contribution in [0, 0.1) is 0 Å². The molecule has 0 aromatic carbocycles. The molecule has 3 aliphatic rings. The molecule has 3 aliphatic heterocycles. The Morgan fingerprint density at radius 3 is 3.14 bits per heavy atom. The Hall–Kier alpha value is -1.57. The van der Waals surface area contributed by atoms with Crippen molar-refractivity contribution in [3.8, 4) is 0 Å². The molecule has 3 rings (SSSR count). The van der Waals surface area contributed by atoms with Gasteiger partial charge >= 0.3 is 13.1 Å². The third-order valence-electron chi connectivity index (χ3n) is 3.73. The van der Waals surface area contributed by atoms with Gasteiger partial charge in [-0.25, -0.2) is 0 Å². The van der Waals surface area contributed by atoms with Crippen molar-refractivity contribution in [2.24, 2.45) is 5.73 Å². The van der Waals surface area contributed by atoms with Crippen LogP contribution in [0.15, 0.2) is 35.0 Å². The van der Waals surface area contributed by atoms with Crippen LogP contribution in [0.4, 0.5) is 0 Å². The monoisotopic (exact) mass is 291 g/mol. The first-order valence-corrected chi connectivity index (χ1v) is 7.12. The van der Waals surface area contributed by atoms with E-state index >= 15 is 0 Å². The summed E-state index contributed by atoms with van der Waals surface area (Å²) in [7, 11) is -0.467. The molecule has 0 aliphatic carbocycles. The number of carbonyl (C=O) groups is 1. The molecule has 21 heavy (non-hydrogen) atoms. The van der Waals surface area contributed by atoms with E-state index in [0.29, 0.717) is 19.6 Å². The van der Waals surface area contributed by atoms with Crippen molar-refractivity contribution in [1.82, 2.24) is 0 Å². The van der Waals surface area contributed by atoms with Gasteiger partial charge in [-0.15, -0.1) is 0 Å². The molecular weight excluding hydrogens is 273 g/mol. The summed E-state index contributed by atoms with van der Waals surface area (Å²) in [6.45, 7) is 2.73. The molecule has 0 saturated heterocycles. The first-order valence-electron chi connectivity index (χ1n) is 7.12. The van der Waals surface area contributed by atoms with Gasteiger partial charge in [0.15, 0.2) is 0 Å². The Bertz CT molecular complexity index is 527. The number of allylic oxidation sites excluding steroid dienone is 3. The molecule has 112 valence electrons. The highest BCUT2D eigenvalue weighted by Crippen LogP contribution is 2.36. The fourth-order valence-corrected chi connectivity index (χ4v) is 2.64. The van der Waals surface area contributed by atoms with Crippen molar-refractivity contribution in [2.75, 3.05) is 19.8 Å². The van der Waals surface area contributed by atoms with E-state index in [1.165, 1.54) is 0 Å². The first-order chi connectivity index (χ1) is 10.2. The van der Waals surface area contributed by atoms with Crippen LogP contribution in [0.1, 0.15) is 13.3 Å². The van der Waals surface area contributed by atoms with E-state index in [1.54, 1.807) is 13.2 Å². The minimum Gasteiger partial charge on any atom is -0.497 e. The number of esters is 1. The summed E-state index contributed by atoms with van der Waals surface area (Å²) in [5.74, 6) is -0.247. The summed E-state index contributed by atoms with van der Waals surface area (Å²) < 4.78 is 22.3. The molecule has 1 unspecified atom stereocenters. The van der Waals surface area contributed by atoms with E-state index in [4.69, 9.17) is 24.5 Å². The predicted octanol–water partition coefficient (Wildman–Crippen LogP) is 0.490. The number of carbonyl (C=O) groups excluding carboxylic acids is 1. The molecule has 0 fully saturated rings. The van der Waals surface area contributed by atoms with Crippen LogP contribution >= 0.6 is 0 Å². The van der Waals surface area contributed by atoms with Crippen molar-refractivity contribution in [1.29, 1.82) is 0 Å². The second-order valence-electron chi connectivity index (χ2n) is 5.08. The summed E-state index contributed by atoms with van der Waals surface area (Å²) >= 11 is 0. The number of nitrogens with two attached hydrogens (primary N) is 1. The number of ether oxygens (including phenoxy) is 2. The van der Waals surface area contributed by atoms with Gasteiger partial charge < -0.3 is 24.5 Å². The number of rotatable bonds is 4. The first kappa shape index (κ1) is 14.4. The lowest BCUT2D eigenvalue weighted by Gasteiger charge is -2.24. The molecule has 3 heterocycles. The molecule has 0 aromatic rings. The summed E-state index contributed by atoms with van der Waals surface area (Å²) in [5.41, 5.74) is 8.64. The Balaban J connectivity index is 1.82. The Kier molecular flexibility index (Phi) is 4.14. The van der Waals surface area contributed by atoms with Crippen LogP contribution in [0.3, 0.4) is 0 Å². The van der Waals surface area contributed by atoms with Gasteiger partial charge in [0, 0.05) is 13.0 Å². The van der Waals surface area contributed by atoms with Gasteiger partial charge in [-0.05, 0) is 28.8 Å². The van der Waals surface area contributed by atoms with Crippen molar-refractivity contribution >= 4 is 13.1 Å². The molecular formula is C14H18BNO5. The zero-order chi connectivity index (χ0) is 14.8. The van der Waals surface area contributed by atoms with Crippen molar-refractivity contribution < 1.29 is 23.6 Å². The Morgan fingerprint density at radius 2 is 2.38 bits per heavy atom. The fraction of sp³-hybridized carbons (Fsp3) is 0.500. The van der Waals surface area contributed by atoms with Crippen LogP contribution in [-0.4, -0.2) is 45.1 Å². The van der Waals surface area contributed by atoms with E-state index in [2.05, 4.69) is 0 Å². The summed E-state index contributed by atoms with van der Waals surface area (Å²) in [4.78, 5) is 11.3. The summed E-state index contributed by atoms with van der Waals surface area (Å²) in [6, 6.07) is 0. The van der Waals surface area contributed by atoms with Gasteiger partial charge in [-0.2, -0.15) is 0 Å².